The highest BCUT2D eigenvalue weighted by Gasteiger charge is 2.20. The van der Waals surface area contributed by atoms with Crippen LogP contribution in [0.1, 0.15) is 31.4 Å². The molecule has 1 aliphatic heterocycles. The van der Waals surface area contributed by atoms with Crippen molar-refractivity contribution in [3.8, 4) is 11.1 Å². The van der Waals surface area contributed by atoms with Gasteiger partial charge in [0.25, 0.3) is 0 Å². The molecule has 5 rings (SSSR count). The first-order chi connectivity index (χ1) is 13.7. The minimum Gasteiger partial charge on any atom is -0.304 e. The molecule has 0 unspecified atom stereocenters. The number of benzene rings is 2. The summed E-state index contributed by atoms with van der Waals surface area (Å²) in [7, 11) is 1.96. The molecule has 0 atom stereocenters. The Labute approximate surface area is 165 Å². The molecule has 1 aliphatic rings. The molecule has 4 heteroatoms. The lowest BCUT2D eigenvalue weighted by Crippen LogP contribution is -2.32. The summed E-state index contributed by atoms with van der Waals surface area (Å²) in [5.74, 6) is 0.597. The van der Waals surface area contributed by atoms with Crippen LogP contribution in [0.4, 0.5) is 0 Å². The van der Waals surface area contributed by atoms with Crippen molar-refractivity contribution in [2.24, 2.45) is 7.05 Å². The Bertz CT molecular complexity index is 1140. The number of rotatable bonds is 3. The van der Waals surface area contributed by atoms with Crippen LogP contribution in [-0.4, -0.2) is 39.3 Å². The van der Waals surface area contributed by atoms with E-state index in [-0.39, 0.29) is 0 Å². The highest BCUT2D eigenvalue weighted by Crippen LogP contribution is 2.30. The van der Waals surface area contributed by atoms with Gasteiger partial charge in [0.15, 0.2) is 0 Å². The van der Waals surface area contributed by atoms with Crippen molar-refractivity contribution >= 4 is 21.8 Å². The maximum atomic E-state index is 5.01. The molecule has 0 spiro atoms. The molecule has 0 saturated carbocycles. The van der Waals surface area contributed by atoms with Gasteiger partial charge in [0.1, 0.15) is 0 Å². The zero-order valence-electron chi connectivity index (χ0n) is 16.6. The molecule has 28 heavy (non-hydrogen) atoms. The van der Waals surface area contributed by atoms with E-state index in [9.17, 15) is 0 Å². The summed E-state index contributed by atoms with van der Waals surface area (Å²) in [4.78, 5) is 7.54. The fourth-order valence-corrected chi connectivity index (χ4v) is 4.42. The Morgan fingerprint density at radius 1 is 0.893 bits per heavy atom. The minimum absolute atomic E-state index is 0.597. The van der Waals surface area contributed by atoms with Crippen LogP contribution >= 0.6 is 0 Å². The van der Waals surface area contributed by atoms with Crippen molar-refractivity contribution in [2.45, 2.75) is 25.7 Å². The fraction of sp³-hybridized carbons (Fsp3) is 0.333. The summed E-state index contributed by atoms with van der Waals surface area (Å²) in [6, 6.07) is 17.6. The van der Waals surface area contributed by atoms with Crippen LogP contribution in [0.2, 0.25) is 0 Å². The number of nitrogens with zero attached hydrogens (tertiary/aromatic N) is 4. The number of hydrogen-bond donors (Lipinski definition) is 0. The van der Waals surface area contributed by atoms with E-state index in [1.165, 1.54) is 53.5 Å². The summed E-state index contributed by atoms with van der Waals surface area (Å²) in [6.07, 6.45) is 4.50. The Hall–Kier alpha value is -2.72. The molecule has 142 valence electrons. The van der Waals surface area contributed by atoms with Crippen molar-refractivity contribution in [3.63, 3.8) is 0 Å². The monoisotopic (exact) mass is 370 g/mol. The van der Waals surface area contributed by atoms with E-state index in [1.54, 1.807) is 0 Å². The van der Waals surface area contributed by atoms with Crippen LogP contribution in [0.5, 0.6) is 0 Å². The van der Waals surface area contributed by atoms with Crippen molar-refractivity contribution < 1.29 is 0 Å². The van der Waals surface area contributed by atoms with Gasteiger partial charge in [-0.2, -0.15) is 5.10 Å². The van der Waals surface area contributed by atoms with Gasteiger partial charge in [-0.3, -0.25) is 9.67 Å². The number of hydrogen-bond acceptors (Lipinski definition) is 3. The molecule has 0 aliphatic carbocycles. The molecule has 4 nitrogen and oxygen atoms in total. The van der Waals surface area contributed by atoms with Gasteiger partial charge in [-0.25, -0.2) is 0 Å². The maximum absolute atomic E-state index is 5.01. The quantitative estimate of drug-likeness (QED) is 0.510. The molecule has 3 heterocycles. The molecule has 1 fully saturated rings. The molecule has 2 aromatic carbocycles. The highest BCUT2D eigenvalue weighted by atomic mass is 15.2. The van der Waals surface area contributed by atoms with Gasteiger partial charge >= 0.3 is 0 Å². The third kappa shape index (κ3) is 3.18. The average molecular weight is 371 g/mol. The molecule has 0 bridgehead atoms. The molecule has 4 aromatic rings. The lowest BCUT2D eigenvalue weighted by Gasteiger charge is -2.30. The van der Waals surface area contributed by atoms with Gasteiger partial charge in [0, 0.05) is 35.6 Å². The summed E-state index contributed by atoms with van der Waals surface area (Å²) < 4.78 is 1.87. The standard InChI is InChI=1S/C24H26N4/c1-3-28-12-10-17(11-13-28)22-8-6-20-14-18(4-7-23(20)25-22)19-5-9-24-21(15-19)16-27(2)26-24/h4-9,14-17H,3,10-13H2,1-2H3. The third-order valence-electron chi connectivity index (χ3n) is 6.12. The zero-order valence-corrected chi connectivity index (χ0v) is 16.6. The first kappa shape index (κ1) is 17.4. The number of fused-ring (bicyclic) bond motifs is 2. The van der Waals surface area contributed by atoms with E-state index in [4.69, 9.17) is 4.98 Å². The Balaban J connectivity index is 1.44. The highest BCUT2D eigenvalue weighted by molar-refractivity contribution is 5.88. The Kier molecular flexibility index (Phi) is 4.36. The van der Waals surface area contributed by atoms with Gasteiger partial charge in [0.2, 0.25) is 0 Å². The van der Waals surface area contributed by atoms with Crippen LogP contribution in [0.3, 0.4) is 0 Å². The van der Waals surface area contributed by atoms with E-state index >= 15 is 0 Å². The second-order valence-electron chi connectivity index (χ2n) is 7.93. The molecule has 0 radical (unpaired) electrons. The van der Waals surface area contributed by atoms with Crippen molar-refractivity contribution in [1.29, 1.82) is 0 Å². The largest absolute Gasteiger partial charge is 0.304 e. The predicted molar refractivity (Wildman–Crippen MR) is 116 cm³/mol. The van der Waals surface area contributed by atoms with E-state index in [2.05, 4.69) is 71.7 Å². The van der Waals surface area contributed by atoms with Gasteiger partial charge < -0.3 is 4.90 Å². The van der Waals surface area contributed by atoms with Crippen molar-refractivity contribution in [3.05, 3.63) is 60.4 Å². The normalized spacial score (nSPS) is 16.2. The first-order valence-electron chi connectivity index (χ1n) is 10.3. The average Bonchev–Trinajstić information content (AvgIpc) is 3.12. The molecule has 0 N–H and O–H groups in total. The van der Waals surface area contributed by atoms with Crippen molar-refractivity contribution in [1.82, 2.24) is 19.7 Å². The molecule has 1 saturated heterocycles. The molecular weight excluding hydrogens is 344 g/mol. The number of likely N-dealkylation sites (tertiary alicyclic amines) is 1. The van der Waals surface area contributed by atoms with Crippen LogP contribution in [0.15, 0.2) is 54.7 Å². The Morgan fingerprint density at radius 2 is 1.61 bits per heavy atom. The van der Waals surface area contributed by atoms with Crippen LogP contribution in [0, 0.1) is 0 Å². The maximum Gasteiger partial charge on any atom is 0.0923 e. The first-order valence-corrected chi connectivity index (χ1v) is 10.3. The number of aromatic nitrogens is 3. The van der Waals surface area contributed by atoms with E-state index in [0.29, 0.717) is 5.92 Å². The second kappa shape index (κ2) is 7.02. The summed E-state index contributed by atoms with van der Waals surface area (Å²) >= 11 is 0. The molecular formula is C24H26N4. The van der Waals surface area contributed by atoms with E-state index < -0.39 is 0 Å². The predicted octanol–water partition coefficient (Wildman–Crippen LogP) is 4.99. The van der Waals surface area contributed by atoms with Crippen LogP contribution < -0.4 is 0 Å². The minimum atomic E-state index is 0.597. The lowest BCUT2D eigenvalue weighted by molar-refractivity contribution is 0.221. The summed E-state index contributed by atoms with van der Waals surface area (Å²) in [6.45, 7) is 5.79. The van der Waals surface area contributed by atoms with Crippen LogP contribution in [0.25, 0.3) is 32.9 Å². The molecule has 0 amide bonds. The van der Waals surface area contributed by atoms with Gasteiger partial charge in [0.05, 0.1) is 11.0 Å². The van der Waals surface area contributed by atoms with Crippen LogP contribution in [-0.2, 0) is 7.05 Å². The SMILES string of the molecule is CCN1CCC(c2ccc3cc(-c4ccc5nn(C)cc5c4)ccc3n2)CC1. The topological polar surface area (TPSA) is 34.0 Å². The smallest absolute Gasteiger partial charge is 0.0923 e. The Morgan fingerprint density at radius 3 is 2.36 bits per heavy atom. The van der Waals surface area contributed by atoms with Gasteiger partial charge in [-0.15, -0.1) is 0 Å². The molecule has 2 aromatic heterocycles. The lowest BCUT2D eigenvalue weighted by atomic mass is 9.92. The van der Waals surface area contributed by atoms with Gasteiger partial charge in [-0.05, 0) is 73.9 Å². The van der Waals surface area contributed by atoms with Gasteiger partial charge in [-0.1, -0.05) is 25.1 Å². The zero-order chi connectivity index (χ0) is 19.1. The number of aryl methyl sites for hydroxylation is 1. The number of piperidine rings is 1. The van der Waals surface area contributed by atoms with Crippen molar-refractivity contribution in [2.75, 3.05) is 19.6 Å². The number of pyridine rings is 1. The third-order valence-corrected chi connectivity index (χ3v) is 6.12. The summed E-state index contributed by atoms with van der Waals surface area (Å²) in [5.41, 5.74) is 5.84. The van der Waals surface area contributed by atoms with E-state index in [1.807, 2.05) is 11.7 Å². The second-order valence-corrected chi connectivity index (χ2v) is 7.93. The van der Waals surface area contributed by atoms with E-state index in [0.717, 1.165) is 17.6 Å². The fourth-order valence-electron chi connectivity index (χ4n) is 4.42. The summed E-state index contributed by atoms with van der Waals surface area (Å²) in [5, 5.41) is 6.85.